The standard InChI is InChI=1S/C11H13FN2O3/c12-9-2-1-8(5-10(9)14(16)17)6-11(15)3-4-13-7-11/h1-2,5,13,15H,3-4,6-7H2. The number of rotatable bonds is 3. The van der Waals surface area contributed by atoms with Crippen LogP contribution in [0.15, 0.2) is 18.2 Å². The van der Waals surface area contributed by atoms with Crippen LogP contribution in [0.3, 0.4) is 0 Å². The summed E-state index contributed by atoms with van der Waals surface area (Å²) in [5, 5.41) is 23.7. The molecular formula is C11H13FN2O3. The lowest BCUT2D eigenvalue weighted by Gasteiger charge is -2.20. The molecule has 1 saturated heterocycles. The molecule has 1 unspecified atom stereocenters. The predicted octanol–water partition coefficient (Wildman–Crippen LogP) is 1.00. The van der Waals surface area contributed by atoms with E-state index in [1.165, 1.54) is 12.1 Å². The minimum atomic E-state index is -0.883. The fourth-order valence-electron chi connectivity index (χ4n) is 2.07. The molecule has 0 amide bonds. The van der Waals surface area contributed by atoms with Crippen molar-refractivity contribution in [3.8, 4) is 0 Å². The maximum absolute atomic E-state index is 13.1. The lowest BCUT2D eigenvalue weighted by molar-refractivity contribution is -0.387. The Bertz CT molecular complexity index is 444. The number of nitro groups is 1. The van der Waals surface area contributed by atoms with Crippen molar-refractivity contribution in [3.05, 3.63) is 39.7 Å². The zero-order chi connectivity index (χ0) is 12.5. The normalized spacial score (nSPS) is 23.9. The van der Waals surface area contributed by atoms with Crippen molar-refractivity contribution in [1.82, 2.24) is 5.32 Å². The number of hydrogen-bond donors (Lipinski definition) is 2. The molecule has 0 spiro atoms. The van der Waals surface area contributed by atoms with Gasteiger partial charge in [-0.25, -0.2) is 0 Å². The molecular weight excluding hydrogens is 227 g/mol. The average Bonchev–Trinajstić information content (AvgIpc) is 2.67. The Morgan fingerprint density at radius 1 is 1.59 bits per heavy atom. The number of aliphatic hydroxyl groups is 1. The molecule has 1 aromatic carbocycles. The van der Waals surface area contributed by atoms with Crippen molar-refractivity contribution >= 4 is 5.69 Å². The third-order valence-electron chi connectivity index (χ3n) is 2.96. The van der Waals surface area contributed by atoms with Crippen LogP contribution in [0.5, 0.6) is 0 Å². The summed E-state index contributed by atoms with van der Waals surface area (Å²) < 4.78 is 13.1. The monoisotopic (exact) mass is 240 g/mol. The first-order chi connectivity index (χ1) is 8.00. The molecule has 0 bridgehead atoms. The van der Waals surface area contributed by atoms with Gasteiger partial charge in [0.25, 0.3) is 0 Å². The summed E-state index contributed by atoms with van der Waals surface area (Å²) in [6, 6.07) is 3.73. The molecule has 0 aromatic heterocycles. The van der Waals surface area contributed by atoms with Crippen LogP contribution in [0, 0.1) is 15.9 Å². The van der Waals surface area contributed by atoms with Gasteiger partial charge < -0.3 is 10.4 Å². The first-order valence-corrected chi connectivity index (χ1v) is 5.36. The summed E-state index contributed by atoms with van der Waals surface area (Å²) in [6.45, 7) is 1.18. The number of β-amino-alcohol motifs (C(OH)–C–C–N with tert-alkyl or cyclic N) is 1. The number of hydrogen-bond acceptors (Lipinski definition) is 4. The minimum absolute atomic E-state index is 0.293. The van der Waals surface area contributed by atoms with Crippen molar-refractivity contribution in [2.45, 2.75) is 18.4 Å². The molecule has 5 nitrogen and oxygen atoms in total. The molecule has 17 heavy (non-hydrogen) atoms. The van der Waals surface area contributed by atoms with Crippen LogP contribution in [-0.2, 0) is 6.42 Å². The van der Waals surface area contributed by atoms with E-state index in [0.29, 0.717) is 24.9 Å². The van der Waals surface area contributed by atoms with Crippen molar-refractivity contribution in [2.24, 2.45) is 0 Å². The summed E-state index contributed by atoms with van der Waals surface area (Å²) in [5.41, 5.74) is -0.854. The average molecular weight is 240 g/mol. The van der Waals surface area contributed by atoms with Crippen LogP contribution in [0.2, 0.25) is 0 Å². The van der Waals surface area contributed by atoms with Crippen LogP contribution in [-0.4, -0.2) is 28.7 Å². The van der Waals surface area contributed by atoms with Gasteiger partial charge in [0.1, 0.15) is 0 Å². The highest BCUT2D eigenvalue weighted by atomic mass is 19.1. The van der Waals surface area contributed by atoms with Crippen LogP contribution in [0.1, 0.15) is 12.0 Å². The van der Waals surface area contributed by atoms with Crippen LogP contribution >= 0.6 is 0 Å². The molecule has 0 saturated carbocycles. The Kier molecular flexibility index (Phi) is 3.08. The van der Waals surface area contributed by atoms with Gasteiger partial charge >= 0.3 is 5.69 Å². The van der Waals surface area contributed by atoms with E-state index in [0.717, 1.165) is 12.6 Å². The van der Waals surface area contributed by atoms with Gasteiger partial charge in [0.15, 0.2) is 0 Å². The fourth-order valence-corrected chi connectivity index (χ4v) is 2.07. The third-order valence-corrected chi connectivity index (χ3v) is 2.96. The molecule has 0 radical (unpaired) electrons. The van der Waals surface area contributed by atoms with E-state index < -0.39 is 22.0 Å². The number of nitrogens with zero attached hydrogens (tertiary/aromatic N) is 1. The Balaban J connectivity index is 2.22. The Hall–Kier alpha value is -1.53. The molecule has 92 valence electrons. The summed E-state index contributed by atoms with van der Waals surface area (Å²) >= 11 is 0. The third kappa shape index (κ3) is 2.59. The van der Waals surface area contributed by atoms with Gasteiger partial charge in [0.2, 0.25) is 5.82 Å². The minimum Gasteiger partial charge on any atom is -0.388 e. The van der Waals surface area contributed by atoms with E-state index >= 15 is 0 Å². The molecule has 1 aliphatic heterocycles. The van der Waals surface area contributed by atoms with Crippen molar-refractivity contribution in [3.63, 3.8) is 0 Å². The molecule has 1 heterocycles. The van der Waals surface area contributed by atoms with Crippen LogP contribution < -0.4 is 5.32 Å². The summed E-state index contributed by atoms with van der Waals surface area (Å²) in [6.07, 6.45) is 0.888. The highest BCUT2D eigenvalue weighted by Crippen LogP contribution is 2.24. The largest absolute Gasteiger partial charge is 0.388 e. The fraction of sp³-hybridized carbons (Fsp3) is 0.455. The van der Waals surface area contributed by atoms with Crippen LogP contribution in [0.25, 0.3) is 0 Å². The van der Waals surface area contributed by atoms with E-state index in [1.807, 2.05) is 0 Å². The molecule has 0 aliphatic carbocycles. The van der Waals surface area contributed by atoms with Crippen molar-refractivity contribution in [2.75, 3.05) is 13.1 Å². The number of nitrogens with one attached hydrogen (secondary N) is 1. The zero-order valence-corrected chi connectivity index (χ0v) is 9.15. The number of halogens is 1. The quantitative estimate of drug-likeness (QED) is 0.610. The van der Waals surface area contributed by atoms with E-state index in [1.54, 1.807) is 0 Å². The Labute approximate surface area is 97.4 Å². The highest BCUT2D eigenvalue weighted by molar-refractivity contribution is 5.36. The second-order valence-electron chi connectivity index (χ2n) is 4.37. The topological polar surface area (TPSA) is 75.4 Å². The molecule has 1 fully saturated rings. The molecule has 1 aliphatic rings. The summed E-state index contributed by atoms with van der Waals surface area (Å²) in [7, 11) is 0. The first-order valence-electron chi connectivity index (χ1n) is 5.36. The first kappa shape index (κ1) is 11.9. The van der Waals surface area contributed by atoms with E-state index in [-0.39, 0.29) is 0 Å². The SMILES string of the molecule is O=[N+]([O-])c1cc(CC2(O)CCNC2)ccc1F. The summed E-state index contributed by atoms with van der Waals surface area (Å²) in [4.78, 5) is 9.83. The summed E-state index contributed by atoms with van der Waals surface area (Å²) in [5.74, 6) is -0.852. The van der Waals surface area contributed by atoms with E-state index in [4.69, 9.17) is 0 Å². The van der Waals surface area contributed by atoms with Gasteiger partial charge in [-0.2, -0.15) is 4.39 Å². The number of nitro benzene ring substituents is 1. The number of benzene rings is 1. The lowest BCUT2D eigenvalue weighted by Crippen LogP contribution is -2.33. The lowest BCUT2D eigenvalue weighted by atomic mass is 9.93. The molecule has 1 aromatic rings. The molecule has 2 N–H and O–H groups in total. The Morgan fingerprint density at radius 2 is 2.35 bits per heavy atom. The van der Waals surface area contributed by atoms with Gasteiger partial charge in [-0.05, 0) is 24.6 Å². The van der Waals surface area contributed by atoms with Gasteiger partial charge in [0.05, 0.1) is 10.5 Å². The van der Waals surface area contributed by atoms with Gasteiger partial charge in [-0.1, -0.05) is 6.07 Å². The smallest absolute Gasteiger partial charge is 0.305 e. The van der Waals surface area contributed by atoms with Crippen molar-refractivity contribution < 1.29 is 14.4 Å². The van der Waals surface area contributed by atoms with Gasteiger partial charge in [-0.3, -0.25) is 10.1 Å². The maximum atomic E-state index is 13.1. The maximum Gasteiger partial charge on any atom is 0.305 e. The zero-order valence-electron chi connectivity index (χ0n) is 9.15. The molecule has 2 rings (SSSR count). The predicted molar refractivity (Wildman–Crippen MR) is 59.2 cm³/mol. The van der Waals surface area contributed by atoms with Crippen LogP contribution in [0.4, 0.5) is 10.1 Å². The highest BCUT2D eigenvalue weighted by Gasteiger charge is 2.31. The van der Waals surface area contributed by atoms with Crippen molar-refractivity contribution in [1.29, 1.82) is 0 Å². The molecule has 6 heteroatoms. The second kappa shape index (κ2) is 4.38. The van der Waals surface area contributed by atoms with E-state index in [9.17, 15) is 19.6 Å². The van der Waals surface area contributed by atoms with E-state index in [2.05, 4.69) is 5.32 Å². The second-order valence-corrected chi connectivity index (χ2v) is 4.37. The molecule has 1 atom stereocenters. The van der Waals surface area contributed by atoms with Gasteiger partial charge in [0, 0.05) is 19.0 Å². The van der Waals surface area contributed by atoms with Gasteiger partial charge in [-0.15, -0.1) is 0 Å². The Morgan fingerprint density at radius 3 is 2.94 bits per heavy atom.